The Labute approximate surface area is 122 Å². The predicted octanol–water partition coefficient (Wildman–Crippen LogP) is 4.55. The second-order valence-electron chi connectivity index (χ2n) is 5.06. The molecule has 2 heterocycles. The van der Waals surface area contributed by atoms with Crippen molar-refractivity contribution in [2.75, 3.05) is 0 Å². The first kappa shape index (κ1) is 14.3. The number of rotatable bonds is 4. The average molecular weight is 293 g/mol. The van der Waals surface area contributed by atoms with E-state index in [0.717, 1.165) is 4.88 Å². The van der Waals surface area contributed by atoms with Crippen molar-refractivity contribution in [1.82, 2.24) is 5.32 Å². The largest absolute Gasteiger partial charge is 0.343 e. The summed E-state index contributed by atoms with van der Waals surface area (Å²) < 4.78 is 0. The molecule has 1 N–H and O–H groups in total. The zero-order valence-electron chi connectivity index (χ0n) is 11.7. The van der Waals surface area contributed by atoms with Crippen molar-refractivity contribution < 1.29 is 4.79 Å². The minimum Gasteiger partial charge on any atom is -0.343 e. The van der Waals surface area contributed by atoms with Crippen LogP contribution >= 0.6 is 22.7 Å². The van der Waals surface area contributed by atoms with E-state index >= 15 is 0 Å². The first-order chi connectivity index (χ1) is 8.99. The highest BCUT2D eigenvalue weighted by molar-refractivity contribution is 7.14. The van der Waals surface area contributed by atoms with Crippen molar-refractivity contribution in [2.24, 2.45) is 5.92 Å². The fraction of sp³-hybridized carbons (Fsp3) is 0.400. The number of carbonyl (C=O) groups excluding carboxylic acids is 1. The van der Waals surface area contributed by atoms with Crippen LogP contribution in [0.2, 0.25) is 0 Å². The van der Waals surface area contributed by atoms with E-state index in [1.807, 2.05) is 19.1 Å². The Morgan fingerprint density at radius 2 is 2.05 bits per heavy atom. The van der Waals surface area contributed by atoms with Crippen molar-refractivity contribution in [1.29, 1.82) is 0 Å². The Morgan fingerprint density at radius 1 is 1.32 bits per heavy atom. The summed E-state index contributed by atoms with van der Waals surface area (Å²) in [7, 11) is 0. The van der Waals surface area contributed by atoms with E-state index in [9.17, 15) is 4.79 Å². The third-order valence-corrected chi connectivity index (χ3v) is 5.30. The van der Waals surface area contributed by atoms with Crippen molar-refractivity contribution >= 4 is 28.6 Å². The van der Waals surface area contributed by atoms with Crippen LogP contribution in [-0.2, 0) is 0 Å². The van der Waals surface area contributed by atoms with Crippen molar-refractivity contribution in [2.45, 2.75) is 33.7 Å². The third-order valence-electron chi connectivity index (χ3n) is 3.19. The average Bonchev–Trinajstić information content (AvgIpc) is 2.97. The molecule has 0 fully saturated rings. The van der Waals surface area contributed by atoms with Gasteiger partial charge < -0.3 is 5.32 Å². The van der Waals surface area contributed by atoms with E-state index in [-0.39, 0.29) is 11.9 Å². The summed E-state index contributed by atoms with van der Waals surface area (Å²) in [5.41, 5.74) is 1.19. The van der Waals surface area contributed by atoms with Crippen molar-refractivity contribution in [3.63, 3.8) is 0 Å². The molecule has 1 atom stereocenters. The highest BCUT2D eigenvalue weighted by Crippen LogP contribution is 2.27. The first-order valence-electron chi connectivity index (χ1n) is 6.40. The number of amides is 1. The molecule has 0 bridgehead atoms. The summed E-state index contributed by atoms with van der Waals surface area (Å²) in [6, 6.07) is 6.18. The first-order valence-corrected chi connectivity index (χ1v) is 8.10. The Balaban J connectivity index is 2.16. The second kappa shape index (κ2) is 5.88. The maximum Gasteiger partial charge on any atom is 0.261 e. The molecule has 2 aromatic rings. The van der Waals surface area contributed by atoms with Gasteiger partial charge in [0.15, 0.2) is 0 Å². The molecule has 0 aliphatic rings. The highest BCUT2D eigenvalue weighted by atomic mass is 32.1. The van der Waals surface area contributed by atoms with Gasteiger partial charge >= 0.3 is 0 Å². The molecule has 0 saturated carbocycles. The van der Waals surface area contributed by atoms with Gasteiger partial charge in [-0.2, -0.15) is 0 Å². The molecule has 0 saturated heterocycles. The van der Waals surface area contributed by atoms with Gasteiger partial charge in [0.25, 0.3) is 5.91 Å². The predicted molar refractivity (Wildman–Crippen MR) is 83.2 cm³/mol. The Hall–Kier alpha value is -1.13. The lowest BCUT2D eigenvalue weighted by molar-refractivity contribution is 0.0930. The maximum absolute atomic E-state index is 12.3. The molecule has 1 unspecified atom stereocenters. The Morgan fingerprint density at radius 3 is 2.53 bits per heavy atom. The van der Waals surface area contributed by atoms with Gasteiger partial charge in [0.2, 0.25) is 0 Å². The molecule has 102 valence electrons. The minimum absolute atomic E-state index is 0.0355. The monoisotopic (exact) mass is 293 g/mol. The quantitative estimate of drug-likeness (QED) is 0.880. The van der Waals surface area contributed by atoms with Gasteiger partial charge in [0.1, 0.15) is 0 Å². The lowest BCUT2D eigenvalue weighted by atomic mass is 10.0. The molecule has 0 aromatic carbocycles. The van der Waals surface area contributed by atoms with Gasteiger partial charge in [-0.25, -0.2) is 0 Å². The van der Waals surface area contributed by atoms with Crippen LogP contribution in [-0.4, -0.2) is 5.91 Å². The van der Waals surface area contributed by atoms with Crippen LogP contribution in [0.15, 0.2) is 23.6 Å². The third kappa shape index (κ3) is 3.25. The van der Waals surface area contributed by atoms with E-state index < -0.39 is 0 Å². The summed E-state index contributed by atoms with van der Waals surface area (Å²) in [6.45, 7) is 8.36. The number of hydrogen-bond donors (Lipinski definition) is 1. The number of carbonyl (C=O) groups is 1. The molecule has 1 amide bonds. The number of aryl methyl sites for hydroxylation is 2. The summed E-state index contributed by atoms with van der Waals surface area (Å²) >= 11 is 3.26. The lowest BCUT2D eigenvalue weighted by Gasteiger charge is -2.20. The molecule has 0 spiro atoms. The van der Waals surface area contributed by atoms with Crippen LogP contribution in [0.25, 0.3) is 0 Å². The molecular formula is C15H19NOS2. The summed E-state index contributed by atoms with van der Waals surface area (Å²) in [5, 5.41) is 5.21. The molecule has 2 nitrogen and oxygen atoms in total. The summed E-state index contributed by atoms with van der Waals surface area (Å²) in [4.78, 5) is 15.6. The zero-order chi connectivity index (χ0) is 14.0. The molecule has 0 radical (unpaired) electrons. The van der Waals surface area contributed by atoms with E-state index in [4.69, 9.17) is 0 Å². The van der Waals surface area contributed by atoms with Crippen LogP contribution in [0, 0.1) is 19.8 Å². The van der Waals surface area contributed by atoms with Gasteiger partial charge in [0, 0.05) is 9.75 Å². The smallest absolute Gasteiger partial charge is 0.261 e. The highest BCUT2D eigenvalue weighted by Gasteiger charge is 2.21. The molecule has 0 aliphatic carbocycles. The fourth-order valence-corrected chi connectivity index (χ4v) is 3.82. The lowest BCUT2D eigenvalue weighted by Crippen LogP contribution is -2.30. The van der Waals surface area contributed by atoms with Crippen LogP contribution in [0.1, 0.15) is 44.9 Å². The molecule has 4 heteroatoms. The number of hydrogen-bond acceptors (Lipinski definition) is 3. The summed E-state index contributed by atoms with van der Waals surface area (Å²) in [6.07, 6.45) is 0. The Bertz CT molecular complexity index is 535. The van der Waals surface area contributed by atoms with Crippen LogP contribution in [0.5, 0.6) is 0 Å². The normalized spacial score (nSPS) is 12.7. The molecule has 0 aliphatic heterocycles. The van der Waals surface area contributed by atoms with E-state index in [1.165, 1.54) is 15.3 Å². The zero-order valence-corrected chi connectivity index (χ0v) is 13.3. The van der Waals surface area contributed by atoms with Gasteiger partial charge in [0.05, 0.1) is 10.9 Å². The van der Waals surface area contributed by atoms with Gasteiger partial charge in [-0.15, -0.1) is 22.7 Å². The maximum atomic E-state index is 12.3. The Kier molecular flexibility index (Phi) is 4.42. The summed E-state index contributed by atoms with van der Waals surface area (Å²) in [5.74, 6) is 0.415. The van der Waals surface area contributed by atoms with Gasteiger partial charge in [-0.1, -0.05) is 19.9 Å². The van der Waals surface area contributed by atoms with E-state index in [0.29, 0.717) is 5.92 Å². The second-order valence-corrected chi connectivity index (χ2v) is 7.30. The number of nitrogens with one attached hydrogen (secondary N) is 1. The fourth-order valence-electron chi connectivity index (χ4n) is 1.93. The molecule has 2 rings (SSSR count). The van der Waals surface area contributed by atoms with E-state index in [2.05, 4.69) is 37.5 Å². The van der Waals surface area contributed by atoms with Crippen molar-refractivity contribution in [3.8, 4) is 0 Å². The molecular weight excluding hydrogens is 274 g/mol. The van der Waals surface area contributed by atoms with Crippen LogP contribution < -0.4 is 5.32 Å². The topological polar surface area (TPSA) is 29.1 Å². The van der Waals surface area contributed by atoms with Gasteiger partial charge in [-0.05, 0) is 42.8 Å². The minimum atomic E-state index is 0.0355. The van der Waals surface area contributed by atoms with Gasteiger partial charge in [-0.3, -0.25) is 4.79 Å². The molecule has 2 aromatic heterocycles. The van der Waals surface area contributed by atoms with E-state index in [1.54, 1.807) is 22.7 Å². The molecule has 19 heavy (non-hydrogen) atoms. The number of thiophene rings is 2. The van der Waals surface area contributed by atoms with Crippen LogP contribution in [0.4, 0.5) is 0 Å². The standard InChI is InChI=1S/C15H19NOS2/c1-9(2)14(12-6-5-7-18-12)16-15(17)13-8-10(3)11(4)19-13/h5-9,14H,1-4H3,(H,16,17). The SMILES string of the molecule is Cc1cc(C(=O)NC(c2cccs2)C(C)C)sc1C. The van der Waals surface area contributed by atoms with Crippen molar-refractivity contribution in [3.05, 3.63) is 43.8 Å². The van der Waals surface area contributed by atoms with Crippen LogP contribution in [0.3, 0.4) is 0 Å².